The number of hydrogen-bond donors (Lipinski definition) is 2. The molecule has 3 aromatic heterocycles. The number of fused-ring (bicyclic) bond motifs is 2. The smallest absolute Gasteiger partial charge is 0.142 e. The predicted octanol–water partition coefficient (Wildman–Crippen LogP) is 5.19. The van der Waals surface area contributed by atoms with Crippen LogP contribution in [0.5, 0.6) is 0 Å². The number of pyridine rings is 1. The van der Waals surface area contributed by atoms with Crippen molar-refractivity contribution in [2.24, 2.45) is 4.99 Å². The van der Waals surface area contributed by atoms with Crippen LogP contribution in [0.15, 0.2) is 78.0 Å². The van der Waals surface area contributed by atoms with E-state index in [4.69, 9.17) is 4.99 Å². The lowest BCUT2D eigenvalue weighted by Crippen LogP contribution is -2.11. The molecule has 5 aromatic rings. The Bertz CT molecular complexity index is 1430. The largest absolute Gasteiger partial charge is 0.428 e. The van der Waals surface area contributed by atoms with Crippen LogP contribution >= 0.6 is 11.3 Å². The molecule has 134 valence electrons. The fourth-order valence-electron chi connectivity index (χ4n) is 3.29. The summed E-state index contributed by atoms with van der Waals surface area (Å²) in [6, 6.07) is 21.9. The Hall–Kier alpha value is -3.82. The first-order chi connectivity index (χ1) is 13.7. The summed E-state index contributed by atoms with van der Waals surface area (Å²) in [5.74, 6) is 0. The Labute approximate surface area is 164 Å². The summed E-state index contributed by atoms with van der Waals surface area (Å²) in [7, 11) is 0. The van der Waals surface area contributed by atoms with E-state index in [9.17, 15) is 10.5 Å². The summed E-state index contributed by atoms with van der Waals surface area (Å²) in [6.45, 7) is 0. The predicted molar refractivity (Wildman–Crippen MR) is 111 cm³/mol. The van der Waals surface area contributed by atoms with E-state index >= 15 is 0 Å². The Balaban J connectivity index is 1.80. The standard InChI is InChI=1S/C22H14N4OS/c23-12-16-13-26(27)22-18(11-20(28-22)14-4-2-1-3-5-14)21(16)25-17-6-7-19-15(10-17)8-9-24-19/h1-11,13,24,27H. The number of hydrogen-bond acceptors (Lipinski definition) is 4. The van der Waals surface area contributed by atoms with Crippen LogP contribution in [0.4, 0.5) is 5.69 Å². The summed E-state index contributed by atoms with van der Waals surface area (Å²) in [4.78, 5) is 9.58. The molecule has 5 nitrogen and oxygen atoms in total. The van der Waals surface area contributed by atoms with E-state index in [1.54, 1.807) is 0 Å². The second-order valence-corrected chi connectivity index (χ2v) is 7.43. The minimum Gasteiger partial charge on any atom is -0.428 e. The molecule has 0 saturated carbocycles. The van der Waals surface area contributed by atoms with E-state index in [2.05, 4.69) is 11.1 Å². The van der Waals surface area contributed by atoms with Crippen molar-refractivity contribution >= 4 is 38.1 Å². The number of aromatic amines is 1. The molecule has 0 spiro atoms. The molecular formula is C22H14N4OS. The van der Waals surface area contributed by atoms with Crippen molar-refractivity contribution in [3.8, 4) is 16.5 Å². The van der Waals surface area contributed by atoms with Gasteiger partial charge in [-0.3, -0.25) is 0 Å². The molecule has 0 saturated heterocycles. The van der Waals surface area contributed by atoms with Crippen molar-refractivity contribution in [1.82, 2.24) is 9.71 Å². The highest BCUT2D eigenvalue weighted by molar-refractivity contribution is 7.21. The average molecular weight is 382 g/mol. The van der Waals surface area contributed by atoms with Gasteiger partial charge in [0, 0.05) is 27.4 Å². The average Bonchev–Trinajstić information content (AvgIpc) is 3.37. The zero-order chi connectivity index (χ0) is 19.1. The maximum absolute atomic E-state index is 10.4. The van der Waals surface area contributed by atoms with E-state index in [1.807, 2.05) is 66.9 Å². The molecule has 0 radical (unpaired) electrons. The highest BCUT2D eigenvalue weighted by Crippen LogP contribution is 2.32. The van der Waals surface area contributed by atoms with Gasteiger partial charge in [0.1, 0.15) is 10.9 Å². The van der Waals surface area contributed by atoms with Crippen LogP contribution in [-0.4, -0.2) is 14.9 Å². The number of nitriles is 1. The monoisotopic (exact) mass is 382 g/mol. The van der Waals surface area contributed by atoms with Crippen LogP contribution in [0.2, 0.25) is 0 Å². The first-order valence-electron chi connectivity index (χ1n) is 8.69. The highest BCUT2D eigenvalue weighted by Gasteiger charge is 2.13. The lowest BCUT2D eigenvalue weighted by molar-refractivity contribution is 0.199. The molecule has 2 aromatic carbocycles. The summed E-state index contributed by atoms with van der Waals surface area (Å²) >= 11 is 1.46. The van der Waals surface area contributed by atoms with E-state index < -0.39 is 0 Å². The van der Waals surface area contributed by atoms with E-state index in [0.717, 1.165) is 37.1 Å². The maximum Gasteiger partial charge on any atom is 0.142 e. The Morgan fingerprint density at radius 3 is 2.75 bits per heavy atom. The van der Waals surface area contributed by atoms with Crippen LogP contribution in [0.25, 0.3) is 31.6 Å². The number of H-pyrrole nitrogens is 1. The van der Waals surface area contributed by atoms with Gasteiger partial charge in [0.2, 0.25) is 0 Å². The maximum atomic E-state index is 10.4. The van der Waals surface area contributed by atoms with Gasteiger partial charge in [0.25, 0.3) is 0 Å². The molecule has 0 aliphatic carbocycles. The van der Waals surface area contributed by atoms with Crippen LogP contribution in [0, 0.1) is 11.3 Å². The number of rotatable bonds is 2. The number of nitrogens with one attached hydrogen (secondary N) is 1. The Morgan fingerprint density at radius 1 is 1.07 bits per heavy atom. The SMILES string of the molecule is N#Cc1cn(O)c2sc(-c3ccccc3)cc2c1=Nc1ccc2[nH]ccc2c1. The van der Waals surface area contributed by atoms with Crippen LogP contribution in [0.1, 0.15) is 5.56 Å². The lowest BCUT2D eigenvalue weighted by Gasteiger charge is -2.02. The third-order valence-corrected chi connectivity index (χ3v) is 5.81. The molecular weight excluding hydrogens is 368 g/mol. The third kappa shape index (κ3) is 2.66. The van der Waals surface area contributed by atoms with Gasteiger partial charge < -0.3 is 10.2 Å². The van der Waals surface area contributed by atoms with E-state index in [1.165, 1.54) is 17.5 Å². The van der Waals surface area contributed by atoms with Crippen molar-refractivity contribution in [3.05, 3.63) is 84.0 Å². The molecule has 0 aliphatic rings. The molecule has 0 atom stereocenters. The molecule has 5 rings (SSSR count). The van der Waals surface area contributed by atoms with Gasteiger partial charge in [-0.2, -0.15) is 9.99 Å². The normalized spacial score (nSPS) is 11.9. The van der Waals surface area contributed by atoms with Crippen molar-refractivity contribution in [1.29, 1.82) is 5.26 Å². The number of thiophene rings is 1. The summed E-state index contributed by atoms with van der Waals surface area (Å²) < 4.78 is 1.01. The molecule has 0 bridgehead atoms. The van der Waals surface area contributed by atoms with E-state index in [-0.39, 0.29) is 0 Å². The zero-order valence-electron chi connectivity index (χ0n) is 14.6. The molecule has 2 N–H and O–H groups in total. The van der Waals surface area contributed by atoms with Crippen LogP contribution < -0.4 is 5.36 Å². The lowest BCUT2D eigenvalue weighted by atomic mass is 10.1. The van der Waals surface area contributed by atoms with Gasteiger partial charge in [-0.15, -0.1) is 11.3 Å². The molecule has 3 heterocycles. The quantitative estimate of drug-likeness (QED) is 0.412. The van der Waals surface area contributed by atoms with Crippen molar-refractivity contribution in [2.45, 2.75) is 0 Å². The second kappa shape index (κ2) is 6.41. The fourth-order valence-corrected chi connectivity index (χ4v) is 4.35. The van der Waals surface area contributed by atoms with Gasteiger partial charge in [0.15, 0.2) is 0 Å². The topological polar surface area (TPSA) is 77.1 Å². The summed E-state index contributed by atoms with van der Waals surface area (Å²) in [6.07, 6.45) is 3.30. The van der Waals surface area contributed by atoms with Gasteiger partial charge in [0.05, 0.1) is 22.8 Å². The van der Waals surface area contributed by atoms with Gasteiger partial charge in [-0.25, -0.2) is 4.99 Å². The van der Waals surface area contributed by atoms with Gasteiger partial charge in [-0.05, 0) is 35.9 Å². The van der Waals surface area contributed by atoms with Crippen LogP contribution in [0.3, 0.4) is 0 Å². The molecule has 6 heteroatoms. The number of nitrogens with zero attached hydrogens (tertiary/aromatic N) is 3. The summed E-state index contributed by atoms with van der Waals surface area (Å²) in [5, 5.41) is 22.4. The molecule has 0 amide bonds. The fraction of sp³-hybridized carbons (Fsp3) is 0. The minimum absolute atomic E-state index is 0.321. The van der Waals surface area contributed by atoms with Crippen molar-refractivity contribution in [3.63, 3.8) is 0 Å². The summed E-state index contributed by atoms with van der Waals surface area (Å²) in [5.41, 5.74) is 3.17. The molecule has 0 fully saturated rings. The van der Waals surface area contributed by atoms with Crippen LogP contribution in [-0.2, 0) is 0 Å². The number of benzene rings is 2. The van der Waals surface area contributed by atoms with Gasteiger partial charge >= 0.3 is 0 Å². The number of aromatic nitrogens is 2. The third-order valence-electron chi connectivity index (χ3n) is 4.64. The highest BCUT2D eigenvalue weighted by atomic mass is 32.1. The first-order valence-corrected chi connectivity index (χ1v) is 9.50. The zero-order valence-corrected chi connectivity index (χ0v) is 15.4. The van der Waals surface area contributed by atoms with Crippen molar-refractivity contribution < 1.29 is 5.21 Å². The minimum atomic E-state index is 0.321. The Kier molecular flexibility index (Phi) is 3.75. The van der Waals surface area contributed by atoms with Crippen molar-refractivity contribution in [2.75, 3.05) is 0 Å². The molecule has 0 unspecified atom stereocenters. The van der Waals surface area contributed by atoms with E-state index in [0.29, 0.717) is 15.8 Å². The first kappa shape index (κ1) is 16.4. The van der Waals surface area contributed by atoms with Gasteiger partial charge in [-0.1, -0.05) is 30.3 Å². The molecule has 0 aliphatic heterocycles. The second-order valence-electron chi connectivity index (χ2n) is 6.40. The Morgan fingerprint density at radius 2 is 1.93 bits per heavy atom. The molecule has 28 heavy (non-hydrogen) atoms.